The Labute approximate surface area is 194 Å². The molecule has 2 aliphatic rings. The lowest BCUT2D eigenvalue weighted by Crippen LogP contribution is -2.30. The second kappa shape index (κ2) is 9.08. The van der Waals surface area contributed by atoms with E-state index in [2.05, 4.69) is 60.0 Å². The van der Waals surface area contributed by atoms with E-state index in [1.165, 1.54) is 34.7 Å². The zero-order valence-electron chi connectivity index (χ0n) is 18.5. The van der Waals surface area contributed by atoms with Crippen molar-refractivity contribution >= 4 is 31.5 Å². The highest BCUT2D eigenvalue weighted by Gasteiger charge is 2.24. The number of hydrogen-bond donors (Lipinski definition) is 1. The van der Waals surface area contributed by atoms with Crippen LogP contribution < -0.4 is 10.5 Å². The Balaban J connectivity index is 1.32. The Morgan fingerprint density at radius 3 is 2.64 bits per heavy atom. The van der Waals surface area contributed by atoms with E-state index in [0.717, 1.165) is 29.0 Å². The molecule has 0 amide bonds. The van der Waals surface area contributed by atoms with Crippen molar-refractivity contribution in [1.29, 1.82) is 0 Å². The van der Waals surface area contributed by atoms with E-state index in [-0.39, 0.29) is 5.82 Å². The molecule has 1 aromatic heterocycles. The number of nitrogens with two attached hydrogens (primary N) is 1. The second-order valence-corrected chi connectivity index (χ2v) is 8.22. The van der Waals surface area contributed by atoms with Gasteiger partial charge < -0.3 is 19.4 Å². The predicted octanol–water partition coefficient (Wildman–Crippen LogP) is 4.79. The van der Waals surface area contributed by atoms with Gasteiger partial charge in [-0.1, -0.05) is 30.3 Å². The Bertz CT molecular complexity index is 1300. The molecule has 3 aromatic rings. The monoisotopic (exact) mass is 437 g/mol. The maximum absolute atomic E-state index is 13.0. The maximum atomic E-state index is 13.0. The molecule has 2 aliphatic heterocycles. The summed E-state index contributed by atoms with van der Waals surface area (Å²) in [5.41, 5.74) is 14.0. The summed E-state index contributed by atoms with van der Waals surface area (Å²) in [7, 11) is 2.13. The molecule has 164 valence electrons. The van der Waals surface area contributed by atoms with Crippen molar-refractivity contribution in [2.24, 2.45) is 5.73 Å². The summed E-state index contributed by atoms with van der Waals surface area (Å²) in [6.45, 7) is 3.18. The largest absolute Gasteiger partial charge is 0.501 e. The molecule has 33 heavy (non-hydrogen) atoms. The molecular weight excluding hydrogens is 412 g/mol. The van der Waals surface area contributed by atoms with Crippen LogP contribution in [0.5, 0.6) is 5.75 Å². The second-order valence-electron chi connectivity index (χ2n) is 8.22. The fourth-order valence-electron chi connectivity index (χ4n) is 4.31. The third-order valence-corrected chi connectivity index (χ3v) is 5.91. The first-order valence-corrected chi connectivity index (χ1v) is 11.1. The van der Waals surface area contributed by atoms with Gasteiger partial charge in [0, 0.05) is 29.1 Å². The lowest BCUT2D eigenvalue weighted by Gasteiger charge is -2.29. The topological polar surface area (TPSA) is 43.2 Å². The minimum absolute atomic E-state index is 0.241. The van der Waals surface area contributed by atoms with Crippen LogP contribution in [0.1, 0.15) is 34.5 Å². The van der Waals surface area contributed by atoms with Crippen LogP contribution in [-0.4, -0.2) is 29.3 Å². The molecule has 0 fully saturated rings. The van der Waals surface area contributed by atoms with Gasteiger partial charge in [-0.25, -0.2) is 4.39 Å². The Morgan fingerprint density at radius 2 is 1.88 bits per heavy atom. The zero-order chi connectivity index (χ0) is 22.8. The molecule has 0 saturated carbocycles. The Hall–Kier alpha value is -3.64. The van der Waals surface area contributed by atoms with Crippen molar-refractivity contribution in [3.8, 4) is 5.75 Å². The van der Waals surface area contributed by atoms with Crippen molar-refractivity contribution < 1.29 is 13.6 Å². The van der Waals surface area contributed by atoms with Gasteiger partial charge in [-0.05, 0) is 73.0 Å². The lowest BCUT2D eigenvalue weighted by atomic mass is 9.94. The fourth-order valence-corrected chi connectivity index (χ4v) is 4.31. The van der Waals surface area contributed by atoms with Gasteiger partial charge in [0.15, 0.2) is 5.70 Å². The SMILES string of the molecule is Cc1cc(/C=C/c2ccc(OCc3ccc(F)cc3)cc2)n2c1C(CCN)=C1C=CC=[N+]1[B-]2. The third-order valence-electron chi connectivity index (χ3n) is 5.91. The lowest BCUT2D eigenvalue weighted by molar-refractivity contribution is -0.307. The molecule has 2 radical (unpaired) electrons. The third kappa shape index (κ3) is 4.34. The minimum atomic E-state index is -0.241. The molecule has 0 atom stereocenters. The van der Waals surface area contributed by atoms with Gasteiger partial charge in [0.05, 0.1) is 0 Å². The summed E-state index contributed by atoms with van der Waals surface area (Å²) in [5, 5.41) is 0. The standard InChI is InChI=1S/C27H25BFN3O/c1-19-17-23(32-27(19)25(14-15-30)26-3-2-16-31(26)28-32)11-6-20-7-12-24(13-8-20)33-18-21-4-9-22(29)10-5-21/h2-13,16-17H,14-15,18,30H2,1H3/b11-6+. The van der Waals surface area contributed by atoms with Crippen LogP contribution >= 0.6 is 0 Å². The number of nitrogens with zero attached hydrogens (tertiary/aromatic N) is 2. The van der Waals surface area contributed by atoms with Gasteiger partial charge in [0.1, 0.15) is 24.4 Å². The van der Waals surface area contributed by atoms with Crippen molar-refractivity contribution in [1.82, 2.24) is 4.48 Å². The quantitative estimate of drug-likeness (QED) is 0.540. The van der Waals surface area contributed by atoms with E-state index >= 15 is 0 Å². The Kier molecular flexibility index (Phi) is 5.84. The first-order valence-electron chi connectivity index (χ1n) is 11.1. The molecule has 0 aliphatic carbocycles. The average Bonchev–Trinajstić information content (AvgIpc) is 3.42. The molecular formula is C27H25BFN3O. The molecule has 2 N–H and O–H groups in total. The summed E-state index contributed by atoms with van der Waals surface area (Å²) >= 11 is 0. The average molecular weight is 437 g/mol. The van der Waals surface area contributed by atoms with Gasteiger partial charge in [0.25, 0.3) is 0 Å². The fraction of sp³-hybridized carbons (Fsp3) is 0.148. The zero-order valence-corrected chi connectivity index (χ0v) is 18.5. The van der Waals surface area contributed by atoms with E-state index in [1.807, 2.05) is 24.3 Å². The molecule has 2 aromatic carbocycles. The van der Waals surface area contributed by atoms with Gasteiger partial charge in [-0.3, -0.25) is 0 Å². The molecule has 0 unspecified atom stereocenters. The number of fused-ring (bicyclic) bond motifs is 2. The van der Waals surface area contributed by atoms with Crippen molar-refractivity contribution in [3.05, 3.63) is 106 Å². The molecule has 0 spiro atoms. The van der Waals surface area contributed by atoms with Gasteiger partial charge in [-0.15, -0.1) is 0 Å². The highest BCUT2D eigenvalue weighted by Crippen LogP contribution is 2.33. The summed E-state index contributed by atoms with van der Waals surface area (Å²) in [6, 6.07) is 16.5. The highest BCUT2D eigenvalue weighted by molar-refractivity contribution is 6.28. The van der Waals surface area contributed by atoms with Crippen LogP contribution in [0.2, 0.25) is 0 Å². The van der Waals surface area contributed by atoms with Crippen LogP contribution in [0.15, 0.2) is 72.4 Å². The van der Waals surface area contributed by atoms with Crippen LogP contribution in [0.25, 0.3) is 17.7 Å². The van der Waals surface area contributed by atoms with Crippen molar-refractivity contribution in [3.63, 3.8) is 0 Å². The van der Waals surface area contributed by atoms with Crippen molar-refractivity contribution in [2.45, 2.75) is 20.0 Å². The number of benzene rings is 2. The summed E-state index contributed by atoms with van der Waals surface area (Å²) in [6.07, 6.45) is 11.4. The van der Waals surface area contributed by atoms with Crippen LogP contribution in [0.3, 0.4) is 0 Å². The molecule has 0 bridgehead atoms. The van der Waals surface area contributed by atoms with E-state index in [9.17, 15) is 4.39 Å². The van der Waals surface area contributed by atoms with Crippen LogP contribution in [0.4, 0.5) is 4.39 Å². The van der Waals surface area contributed by atoms with E-state index in [4.69, 9.17) is 10.5 Å². The first-order chi connectivity index (χ1) is 16.1. The van der Waals surface area contributed by atoms with Crippen LogP contribution in [0, 0.1) is 12.7 Å². The number of aryl methyl sites for hydroxylation is 1. The summed E-state index contributed by atoms with van der Waals surface area (Å²) in [5.74, 6) is 0.538. The smallest absolute Gasteiger partial charge is 0.221 e. The molecule has 6 heteroatoms. The van der Waals surface area contributed by atoms with Gasteiger partial charge in [0.2, 0.25) is 7.55 Å². The molecule has 4 nitrogen and oxygen atoms in total. The van der Waals surface area contributed by atoms with Gasteiger partial charge >= 0.3 is 0 Å². The predicted molar refractivity (Wildman–Crippen MR) is 132 cm³/mol. The summed E-state index contributed by atoms with van der Waals surface area (Å²) in [4.78, 5) is 0. The number of halogens is 1. The number of allylic oxidation sites excluding steroid dienone is 2. The number of ether oxygens (including phenoxy) is 1. The maximum Gasteiger partial charge on any atom is 0.221 e. The molecule has 3 heterocycles. The minimum Gasteiger partial charge on any atom is -0.501 e. The van der Waals surface area contributed by atoms with E-state index in [1.54, 1.807) is 12.1 Å². The number of aromatic nitrogens is 1. The van der Waals surface area contributed by atoms with Gasteiger partial charge in [-0.2, -0.15) is 0 Å². The number of rotatable bonds is 7. The van der Waals surface area contributed by atoms with Crippen molar-refractivity contribution in [2.75, 3.05) is 6.54 Å². The van der Waals surface area contributed by atoms with E-state index < -0.39 is 0 Å². The normalized spacial score (nSPS) is 14.6. The van der Waals surface area contributed by atoms with Crippen LogP contribution in [-0.2, 0) is 6.61 Å². The Morgan fingerprint density at radius 1 is 1.09 bits per heavy atom. The first kappa shape index (κ1) is 21.2. The molecule has 5 rings (SSSR count). The van der Waals surface area contributed by atoms with E-state index in [0.29, 0.717) is 13.2 Å². The summed E-state index contributed by atoms with van der Waals surface area (Å²) < 4.78 is 23.2. The molecule has 0 saturated heterocycles. The number of hydrogen-bond acceptors (Lipinski definition) is 2. The highest BCUT2D eigenvalue weighted by atomic mass is 19.1.